The molecule has 0 radical (unpaired) electrons. The topological polar surface area (TPSA) is 83.8 Å². The normalized spacial score (nSPS) is 11.0. The van der Waals surface area contributed by atoms with E-state index in [1.165, 1.54) is 6.39 Å². The van der Waals surface area contributed by atoms with Gasteiger partial charge in [-0.1, -0.05) is 24.3 Å². The Hall–Kier alpha value is -3.41. The Kier molecular flexibility index (Phi) is 4.23. The summed E-state index contributed by atoms with van der Waals surface area (Å²) in [6.07, 6.45) is 4.35. The number of para-hydroxylation sites is 1. The monoisotopic (exact) mass is 346 g/mol. The van der Waals surface area contributed by atoms with Gasteiger partial charge < -0.3 is 14.7 Å². The van der Waals surface area contributed by atoms with Gasteiger partial charge in [-0.3, -0.25) is 4.79 Å². The van der Waals surface area contributed by atoms with Crippen molar-refractivity contribution in [3.63, 3.8) is 0 Å². The maximum Gasteiger partial charge on any atom is 0.247 e. The van der Waals surface area contributed by atoms with E-state index in [4.69, 9.17) is 4.42 Å². The van der Waals surface area contributed by atoms with E-state index in [9.17, 15) is 4.79 Å². The van der Waals surface area contributed by atoms with E-state index in [2.05, 4.69) is 26.6 Å². The van der Waals surface area contributed by atoms with Crippen molar-refractivity contribution in [2.75, 3.05) is 5.32 Å². The number of rotatable bonds is 5. The summed E-state index contributed by atoms with van der Waals surface area (Å²) in [5, 5.41) is 11.7. The van der Waals surface area contributed by atoms with Crippen molar-refractivity contribution >= 4 is 22.5 Å². The molecule has 0 bridgehead atoms. The minimum Gasteiger partial charge on any atom is -0.423 e. The van der Waals surface area contributed by atoms with Crippen LogP contribution in [0.1, 0.15) is 17.5 Å². The molecule has 6 heteroatoms. The number of carbonyl (C=O) groups is 1. The van der Waals surface area contributed by atoms with Gasteiger partial charge in [-0.05, 0) is 42.7 Å². The highest BCUT2D eigenvalue weighted by Crippen LogP contribution is 2.24. The van der Waals surface area contributed by atoms with Crippen LogP contribution in [0.4, 0.5) is 5.69 Å². The number of benzene rings is 2. The van der Waals surface area contributed by atoms with E-state index < -0.39 is 0 Å². The van der Waals surface area contributed by atoms with Crippen molar-refractivity contribution in [3.8, 4) is 11.5 Å². The number of carbonyl (C=O) groups excluding carboxylic acids is 1. The van der Waals surface area contributed by atoms with Gasteiger partial charge in [-0.2, -0.15) is 0 Å². The van der Waals surface area contributed by atoms with Crippen molar-refractivity contribution in [3.05, 3.63) is 66.2 Å². The Bertz CT molecular complexity index is 1050. The van der Waals surface area contributed by atoms with Crippen molar-refractivity contribution in [1.29, 1.82) is 0 Å². The standard InChI is InChI=1S/C20H18N4O2/c1-13-6-7-14(20-24-22-12-26-20)10-18(13)23-19(25)9-8-15-11-21-17-5-3-2-4-16(15)17/h2-7,10-12,21H,8-9H2,1H3,(H,23,25). The van der Waals surface area contributed by atoms with Gasteiger partial charge in [-0.15, -0.1) is 10.2 Å². The molecule has 0 atom stereocenters. The minimum atomic E-state index is -0.0268. The first-order chi connectivity index (χ1) is 12.7. The second-order valence-corrected chi connectivity index (χ2v) is 6.18. The molecule has 0 spiro atoms. The maximum absolute atomic E-state index is 12.4. The summed E-state index contributed by atoms with van der Waals surface area (Å²) < 4.78 is 5.22. The van der Waals surface area contributed by atoms with Crippen LogP contribution in [0, 0.1) is 6.92 Å². The fourth-order valence-corrected chi connectivity index (χ4v) is 2.99. The smallest absolute Gasteiger partial charge is 0.247 e. The van der Waals surface area contributed by atoms with E-state index in [0.29, 0.717) is 18.7 Å². The third kappa shape index (κ3) is 3.21. The second kappa shape index (κ2) is 6.84. The SMILES string of the molecule is Cc1ccc(-c2nnco2)cc1NC(=O)CCc1c[nH]c2ccccc12. The number of hydrogen-bond donors (Lipinski definition) is 2. The molecule has 0 unspecified atom stereocenters. The highest BCUT2D eigenvalue weighted by molar-refractivity contribution is 5.93. The summed E-state index contributed by atoms with van der Waals surface area (Å²) in [6.45, 7) is 1.95. The molecule has 1 amide bonds. The lowest BCUT2D eigenvalue weighted by Crippen LogP contribution is -2.13. The van der Waals surface area contributed by atoms with Crippen LogP contribution in [-0.2, 0) is 11.2 Å². The number of nitrogens with zero attached hydrogens (tertiary/aromatic N) is 2. The molecule has 0 aliphatic carbocycles. The Morgan fingerprint density at radius 1 is 1.23 bits per heavy atom. The van der Waals surface area contributed by atoms with Crippen molar-refractivity contribution < 1.29 is 9.21 Å². The Morgan fingerprint density at radius 2 is 2.12 bits per heavy atom. The summed E-state index contributed by atoms with van der Waals surface area (Å²) in [7, 11) is 0. The fraction of sp³-hybridized carbons (Fsp3) is 0.150. The Labute approximate surface area is 150 Å². The number of aromatic nitrogens is 3. The third-order valence-electron chi connectivity index (χ3n) is 4.41. The molecular formula is C20H18N4O2. The first-order valence-corrected chi connectivity index (χ1v) is 8.43. The van der Waals surface area contributed by atoms with E-state index >= 15 is 0 Å². The molecule has 130 valence electrons. The summed E-state index contributed by atoms with van der Waals surface area (Å²) >= 11 is 0. The number of nitrogens with one attached hydrogen (secondary N) is 2. The van der Waals surface area contributed by atoms with Crippen molar-refractivity contribution in [2.45, 2.75) is 19.8 Å². The zero-order valence-corrected chi connectivity index (χ0v) is 14.3. The molecule has 0 aliphatic heterocycles. The van der Waals surface area contributed by atoms with Gasteiger partial charge in [0.1, 0.15) is 0 Å². The first kappa shape index (κ1) is 16.1. The molecule has 0 aliphatic rings. The summed E-state index contributed by atoms with van der Waals surface area (Å²) in [5.74, 6) is 0.403. The highest BCUT2D eigenvalue weighted by Gasteiger charge is 2.11. The number of anilines is 1. The molecule has 6 nitrogen and oxygen atoms in total. The van der Waals surface area contributed by atoms with E-state index in [0.717, 1.165) is 33.3 Å². The number of fused-ring (bicyclic) bond motifs is 1. The van der Waals surface area contributed by atoms with Crippen LogP contribution in [0.15, 0.2) is 59.5 Å². The molecule has 0 fully saturated rings. The largest absolute Gasteiger partial charge is 0.423 e. The van der Waals surface area contributed by atoms with Gasteiger partial charge in [0.2, 0.25) is 18.2 Å². The first-order valence-electron chi connectivity index (χ1n) is 8.43. The van der Waals surface area contributed by atoms with E-state index in [1.807, 2.05) is 49.5 Å². The molecular weight excluding hydrogens is 328 g/mol. The second-order valence-electron chi connectivity index (χ2n) is 6.18. The number of H-pyrrole nitrogens is 1. The highest BCUT2D eigenvalue weighted by atomic mass is 16.4. The lowest BCUT2D eigenvalue weighted by molar-refractivity contribution is -0.116. The molecule has 2 aromatic heterocycles. The number of aryl methyl sites for hydroxylation is 2. The molecule has 4 rings (SSSR count). The summed E-state index contributed by atoms with van der Waals surface area (Å²) in [4.78, 5) is 15.7. The Balaban J connectivity index is 1.46. The van der Waals surface area contributed by atoms with Crippen LogP contribution in [0.2, 0.25) is 0 Å². The van der Waals surface area contributed by atoms with Crippen LogP contribution in [0.25, 0.3) is 22.4 Å². The predicted molar refractivity (Wildman–Crippen MR) is 99.7 cm³/mol. The lowest BCUT2D eigenvalue weighted by Gasteiger charge is -2.09. The van der Waals surface area contributed by atoms with Gasteiger partial charge in [0.15, 0.2) is 0 Å². The number of hydrogen-bond acceptors (Lipinski definition) is 4. The van der Waals surface area contributed by atoms with Crippen LogP contribution in [0.5, 0.6) is 0 Å². The van der Waals surface area contributed by atoms with Crippen LogP contribution >= 0.6 is 0 Å². The number of aromatic amines is 1. The predicted octanol–water partition coefficient (Wildman–Crippen LogP) is 4.10. The summed E-state index contributed by atoms with van der Waals surface area (Å²) in [5.41, 5.74) is 4.75. The van der Waals surface area contributed by atoms with Gasteiger partial charge in [-0.25, -0.2) is 0 Å². The minimum absolute atomic E-state index is 0.0268. The lowest BCUT2D eigenvalue weighted by atomic mass is 10.1. The molecule has 2 heterocycles. The van der Waals surface area contributed by atoms with Gasteiger partial charge >= 0.3 is 0 Å². The molecule has 26 heavy (non-hydrogen) atoms. The molecule has 2 N–H and O–H groups in total. The summed E-state index contributed by atoms with van der Waals surface area (Å²) in [6, 6.07) is 13.8. The zero-order valence-electron chi connectivity index (χ0n) is 14.3. The molecule has 2 aromatic carbocycles. The molecule has 0 saturated heterocycles. The van der Waals surface area contributed by atoms with Crippen molar-refractivity contribution in [1.82, 2.24) is 15.2 Å². The van der Waals surface area contributed by atoms with Gasteiger partial charge in [0.05, 0.1) is 0 Å². The maximum atomic E-state index is 12.4. The van der Waals surface area contributed by atoms with Gasteiger partial charge in [0.25, 0.3) is 0 Å². The third-order valence-corrected chi connectivity index (χ3v) is 4.41. The van der Waals surface area contributed by atoms with Gasteiger partial charge in [0, 0.05) is 34.8 Å². The Morgan fingerprint density at radius 3 is 2.96 bits per heavy atom. The average molecular weight is 346 g/mol. The van der Waals surface area contributed by atoms with Crippen LogP contribution in [-0.4, -0.2) is 21.1 Å². The number of amides is 1. The van der Waals surface area contributed by atoms with E-state index in [-0.39, 0.29) is 5.91 Å². The fourth-order valence-electron chi connectivity index (χ4n) is 2.99. The zero-order chi connectivity index (χ0) is 17.9. The van der Waals surface area contributed by atoms with Crippen LogP contribution in [0.3, 0.4) is 0 Å². The molecule has 0 saturated carbocycles. The quantitative estimate of drug-likeness (QED) is 0.570. The molecule has 4 aromatic rings. The van der Waals surface area contributed by atoms with E-state index in [1.54, 1.807) is 0 Å². The van der Waals surface area contributed by atoms with Crippen LogP contribution < -0.4 is 5.32 Å². The van der Waals surface area contributed by atoms with Crippen molar-refractivity contribution in [2.24, 2.45) is 0 Å². The average Bonchev–Trinajstić information content (AvgIpc) is 3.32.